The molecular weight excluding hydrogens is 450 g/mol. The Kier molecular flexibility index (Phi) is 7.85. The van der Waals surface area contributed by atoms with E-state index in [1.54, 1.807) is 41.0 Å². The van der Waals surface area contributed by atoms with Crippen LogP contribution in [-0.4, -0.2) is 60.9 Å². The van der Waals surface area contributed by atoms with Crippen LogP contribution >= 0.6 is 0 Å². The van der Waals surface area contributed by atoms with Gasteiger partial charge in [0.25, 0.3) is 0 Å². The van der Waals surface area contributed by atoms with E-state index in [-0.39, 0.29) is 10.9 Å². The number of urea groups is 1. The summed E-state index contributed by atoms with van der Waals surface area (Å²) in [4.78, 5) is 18.9. The molecule has 2 N–H and O–H groups in total. The van der Waals surface area contributed by atoms with Gasteiger partial charge in [-0.3, -0.25) is 9.88 Å². The highest BCUT2D eigenvalue weighted by molar-refractivity contribution is 7.89. The molecule has 1 saturated carbocycles. The monoisotopic (exact) mass is 485 g/mol. The van der Waals surface area contributed by atoms with Gasteiger partial charge in [-0.1, -0.05) is 26.3 Å². The molecule has 1 aliphatic carbocycles. The number of rotatable bonds is 6. The summed E-state index contributed by atoms with van der Waals surface area (Å²) >= 11 is 0. The average molecular weight is 486 g/mol. The summed E-state index contributed by atoms with van der Waals surface area (Å²) in [7, 11) is -3.56. The highest BCUT2D eigenvalue weighted by Crippen LogP contribution is 2.33. The Hall–Kier alpha value is -2.49. The zero-order chi connectivity index (χ0) is 24.1. The maximum atomic E-state index is 13.2. The molecule has 9 heteroatoms. The molecule has 4 rings (SSSR count). The van der Waals surface area contributed by atoms with Crippen LogP contribution in [0.4, 0.5) is 10.5 Å². The van der Waals surface area contributed by atoms with E-state index in [1.807, 2.05) is 12.1 Å². The summed E-state index contributed by atoms with van der Waals surface area (Å²) < 4.78 is 28.0. The number of carbonyl (C=O) groups is 1. The summed E-state index contributed by atoms with van der Waals surface area (Å²) in [5.74, 6) is 1.32. The van der Waals surface area contributed by atoms with Gasteiger partial charge in [0.15, 0.2) is 0 Å². The van der Waals surface area contributed by atoms with Crippen LogP contribution in [0.3, 0.4) is 0 Å². The number of aromatic nitrogens is 1. The minimum absolute atomic E-state index is 0.252. The molecule has 8 nitrogen and oxygen atoms in total. The second-order valence-corrected chi connectivity index (χ2v) is 11.4. The SMILES string of the molecule is CC1CCCC(C)C1N1CCN(S(=O)(=O)c2ccc(NC(=O)NCc3cccnc3)cc2)CC1. The lowest BCUT2D eigenvalue weighted by molar-refractivity contribution is 0.0447. The Morgan fingerprint density at radius 2 is 1.71 bits per heavy atom. The summed E-state index contributed by atoms with van der Waals surface area (Å²) in [6, 6.07) is 10.2. The Morgan fingerprint density at radius 1 is 1.03 bits per heavy atom. The van der Waals surface area contributed by atoms with Crippen molar-refractivity contribution in [3.8, 4) is 0 Å². The van der Waals surface area contributed by atoms with Crippen LogP contribution in [0.15, 0.2) is 53.7 Å². The molecule has 2 aromatic rings. The molecule has 34 heavy (non-hydrogen) atoms. The van der Waals surface area contributed by atoms with Crippen molar-refractivity contribution in [3.63, 3.8) is 0 Å². The fraction of sp³-hybridized carbons (Fsp3) is 0.520. The topological polar surface area (TPSA) is 94.6 Å². The predicted octanol–water partition coefficient (Wildman–Crippen LogP) is 3.53. The molecule has 2 aliphatic rings. The number of anilines is 1. The first-order valence-electron chi connectivity index (χ1n) is 12.1. The van der Waals surface area contributed by atoms with Crippen LogP contribution in [-0.2, 0) is 16.6 Å². The zero-order valence-corrected chi connectivity index (χ0v) is 20.8. The number of pyridine rings is 1. The predicted molar refractivity (Wildman–Crippen MR) is 133 cm³/mol. The van der Waals surface area contributed by atoms with Crippen molar-refractivity contribution < 1.29 is 13.2 Å². The van der Waals surface area contributed by atoms with Gasteiger partial charge in [-0.05, 0) is 60.6 Å². The van der Waals surface area contributed by atoms with Crippen LogP contribution in [0.25, 0.3) is 0 Å². The van der Waals surface area contributed by atoms with Gasteiger partial charge in [0.05, 0.1) is 4.90 Å². The van der Waals surface area contributed by atoms with E-state index in [0.717, 1.165) is 18.7 Å². The van der Waals surface area contributed by atoms with Gasteiger partial charge in [-0.15, -0.1) is 0 Å². The Labute approximate surface area is 202 Å². The van der Waals surface area contributed by atoms with E-state index in [0.29, 0.717) is 43.2 Å². The first-order chi connectivity index (χ1) is 16.3. The number of hydrogen-bond acceptors (Lipinski definition) is 5. The van der Waals surface area contributed by atoms with Crippen LogP contribution < -0.4 is 10.6 Å². The molecule has 2 amide bonds. The smallest absolute Gasteiger partial charge is 0.319 e. The molecule has 2 unspecified atom stereocenters. The number of nitrogens with one attached hydrogen (secondary N) is 2. The van der Waals surface area contributed by atoms with Gasteiger partial charge >= 0.3 is 6.03 Å². The number of carbonyl (C=O) groups excluding carboxylic acids is 1. The molecule has 184 valence electrons. The van der Waals surface area contributed by atoms with E-state index in [1.165, 1.54) is 19.3 Å². The standard InChI is InChI=1S/C25H35N5O3S/c1-19-5-3-6-20(2)24(19)29-13-15-30(16-14-29)34(32,33)23-10-8-22(9-11-23)28-25(31)27-18-21-7-4-12-26-17-21/h4,7-12,17,19-20,24H,3,5-6,13-16,18H2,1-2H3,(H2,27,28,31). The lowest BCUT2D eigenvalue weighted by Crippen LogP contribution is -2.55. The highest BCUT2D eigenvalue weighted by Gasteiger charge is 2.36. The zero-order valence-electron chi connectivity index (χ0n) is 20.0. The van der Waals surface area contributed by atoms with Gasteiger partial charge in [-0.2, -0.15) is 4.31 Å². The van der Waals surface area contributed by atoms with Crippen LogP contribution in [0.2, 0.25) is 0 Å². The second kappa shape index (κ2) is 10.8. The Morgan fingerprint density at radius 3 is 2.32 bits per heavy atom. The normalized spacial score (nSPS) is 24.5. The molecule has 0 radical (unpaired) electrons. The molecular formula is C25H35N5O3S. The van der Waals surface area contributed by atoms with Gasteiger partial charge < -0.3 is 10.6 Å². The molecule has 2 heterocycles. The van der Waals surface area contributed by atoms with Crippen molar-refractivity contribution in [2.45, 2.75) is 50.6 Å². The molecule has 1 saturated heterocycles. The van der Waals surface area contributed by atoms with Crippen molar-refractivity contribution in [2.75, 3.05) is 31.5 Å². The molecule has 1 aromatic carbocycles. The van der Waals surface area contributed by atoms with E-state index >= 15 is 0 Å². The average Bonchev–Trinajstić information content (AvgIpc) is 2.84. The van der Waals surface area contributed by atoms with E-state index < -0.39 is 10.0 Å². The maximum absolute atomic E-state index is 13.2. The number of benzene rings is 1. The van der Waals surface area contributed by atoms with Gasteiger partial charge in [0, 0.05) is 56.8 Å². The number of hydrogen-bond donors (Lipinski definition) is 2. The lowest BCUT2D eigenvalue weighted by atomic mass is 9.77. The molecule has 2 fully saturated rings. The first kappa shape index (κ1) is 24.6. The lowest BCUT2D eigenvalue weighted by Gasteiger charge is -2.46. The Balaban J connectivity index is 1.31. The maximum Gasteiger partial charge on any atom is 0.319 e. The van der Waals surface area contributed by atoms with Crippen molar-refractivity contribution in [1.29, 1.82) is 0 Å². The van der Waals surface area contributed by atoms with Crippen LogP contribution in [0.1, 0.15) is 38.7 Å². The van der Waals surface area contributed by atoms with E-state index in [4.69, 9.17) is 0 Å². The van der Waals surface area contributed by atoms with E-state index in [2.05, 4.69) is 34.4 Å². The van der Waals surface area contributed by atoms with Gasteiger partial charge in [-0.25, -0.2) is 13.2 Å². The molecule has 1 aliphatic heterocycles. The summed E-state index contributed by atoms with van der Waals surface area (Å²) in [6.07, 6.45) is 7.18. The van der Waals surface area contributed by atoms with Gasteiger partial charge in [0.1, 0.15) is 0 Å². The second-order valence-electron chi connectivity index (χ2n) is 9.51. The quantitative estimate of drug-likeness (QED) is 0.653. The first-order valence-corrected chi connectivity index (χ1v) is 13.6. The summed E-state index contributed by atoms with van der Waals surface area (Å²) in [6.45, 7) is 7.58. The molecule has 2 atom stereocenters. The number of piperazine rings is 1. The molecule has 0 spiro atoms. The van der Waals surface area contributed by atoms with Gasteiger partial charge in [0.2, 0.25) is 10.0 Å². The summed E-state index contributed by atoms with van der Waals surface area (Å²) in [5, 5.41) is 5.50. The molecule has 1 aromatic heterocycles. The van der Waals surface area contributed by atoms with Crippen molar-refractivity contribution in [1.82, 2.24) is 19.5 Å². The third-order valence-corrected chi connectivity index (χ3v) is 9.02. The highest BCUT2D eigenvalue weighted by atomic mass is 32.2. The third kappa shape index (κ3) is 5.76. The fourth-order valence-electron chi connectivity index (χ4n) is 5.35. The number of amides is 2. The summed E-state index contributed by atoms with van der Waals surface area (Å²) in [5.41, 5.74) is 1.43. The molecule has 0 bridgehead atoms. The van der Waals surface area contributed by atoms with E-state index in [9.17, 15) is 13.2 Å². The third-order valence-electron chi connectivity index (χ3n) is 7.11. The van der Waals surface area contributed by atoms with Crippen LogP contribution in [0, 0.1) is 11.8 Å². The van der Waals surface area contributed by atoms with Crippen molar-refractivity contribution in [2.24, 2.45) is 11.8 Å². The van der Waals surface area contributed by atoms with Crippen molar-refractivity contribution >= 4 is 21.7 Å². The number of nitrogens with zero attached hydrogens (tertiary/aromatic N) is 3. The van der Waals surface area contributed by atoms with Crippen LogP contribution in [0.5, 0.6) is 0 Å². The largest absolute Gasteiger partial charge is 0.334 e. The Bertz CT molecular complexity index is 1040. The minimum atomic E-state index is -3.56. The minimum Gasteiger partial charge on any atom is -0.334 e. The number of sulfonamides is 1. The van der Waals surface area contributed by atoms with Crippen molar-refractivity contribution in [3.05, 3.63) is 54.4 Å². The fourth-order valence-corrected chi connectivity index (χ4v) is 6.77.